The van der Waals surface area contributed by atoms with Gasteiger partial charge in [0.15, 0.2) is 0 Å². The molecule has 0 aliphatic carbocycles. The van der Waals surface area contributed by atoms with Crippen LogP contribution in [0.3, 0.4) is 0 Å². The molecule has 0 saturated carbocycles. The van der Waals surface area contributed by atoms with E-state index in [1.165, 1.54) is 0 Å². The fraction of sp³-hybridized carbons (Fsp3) is 0.125. The SMILES string of the molecule is C=Cc1cc(OC)c(C)c(C(=O)Oc2ccccc2)c1OCc1ccccc1. The number of carbonyl (C=O) groups excluding carboxylic acids is 1. The fourth-order valence-electron chi connectivity index (χ4n) is 2.89. The Hall–Kier alpha value is -3.53. The first kappa shape index (κ1) is 19.2. The predicted molar refractivity (Wildman–Crippen MR) is 110 cm³/mol. The summed E-state index contributed by atoms with van der Waals surface area (Å²) >= 11 is 0. The van der Waals surface area contributed by atoms with Crippen molar-refractivity contribution in [2.75, 3.05) is 7.11 Å². The minimum absolute atomic E-state index is 0.319. The van der Waals surface area contributed by atoms with E-state index in [4.69, 9.17) is 14.2 Å². The largest absolute Gasteiger partial charge is 0.496 e. The van der Waals surface area contributed by atoms with E-state index in [0.717, 1.165) is 5.56 Å². The summed E-state index contributed by atoms with van der Waals surface area (Å²) in [6.07, 6.45) is 1.64. The van der Waals surface area contributed by atoms with E-state index in [0.29, 0.717) is 40.5 Å². The molecule has 0 fully saturated rings. The van der Waals surface area contributed by atoms with Crippen molar-refractivity contribution in [3.8, 4) is 17.2 Å². The van der Waals surface area contributed by atoms with Gasteiger partial charge in [0.1, 0.15) is 29.4 Å². The second-order valence-electron chi connectivity index (χ2n) is 6.18. The van der Waals surface area contributed by atoms with E-state index in [1.54, 1.807) is 25.3 Å². The number of esters is 1. The standard InChI is InChI=1S/C24H22O4/c1-4-19-15-21(26-3)17(2)22(24(25)28-20-13-9-6-10-14-20)23(19)27-16-18-11-7-5-8-12-18/h4-15H,1,16H2,2-3H3. The van der Waals surface area contributed by atoms with Crippen LogP contribution >= 0.6 is 0 Å². The smallest absolute Gasteiger partial charge is 0.347 e. The van der Waals surface area contributed by atoms with E-state index < -0.39 is 5.97 Å². The zero-order chi connectivity index (χ0) is 19.9. The summed E-state index contributed by atoms with van der Waals surface area (Å²) in [6.45, 7) is 5.98. The van der Waals surface area contributed by atoms with E-state index >= 15 is 0 Å². The minimum Gasteiger partial charge on any atom is -0.496 e. The van der Waals surface area contributed by atoms with Gasteiger partial charge in [-0.3, -0.25) is 0 Å². The maximum Gasteiger partial charge on any atom is 0.347 e. The number of carbonyl (C=O) groups is 1. The first-order chi connectivity index (χ1) is 13.6. The molecule has 142 valence electrons. The van der Waals surface area contributed by atoms with Gasteiger partial charge >= 0.3 is 5.97 Å². The molecular weight excluding hydrogens is 352 g/mol. The summed E-state index contributed by atoms with van der Waals surface area (Å²) < 4.78 is 17.1. The van der Waals surface area contributed by atoms with Crippen molar-refractivity contribution in [1.82, 2.24) is 0 Å². The summed E-state index contributed by atoms with van der Waals surface area (Å²) in [5.41, 5.74) is 2.64. The number of methoxy groups -OCH3 is 1. The highest BCUT2D eigenvalue weighted by atomic mass is 16.5. The lowest BCUT2D eigenvalue weighted by Crippen LogP contribution is -2.14. The Kier molecular flexibility index (Phi) is 6.12. The zero-order valence-corrected chi connectivity index (χ0v) is 16.0. The second kappa shape index (κ2) is 8.91. The summed E-state index contributed by atoms with van der Waals surface area (Å²) in [7, 11) is 1.56. The van der Waals surface area contributed by atoms with Crippen LogP contribution in [-0.2, 0) is 6.61 Å². The number of benzene rings is 3. The molecule has 0 saturated heterocycles. The molecule has 3 rings (SSSR count). The minimum atomic E-state index is -0.506. The van der Waals surface area contributed by atoms with Gasteiger partial charge in [-0.1, -0.05) is 61.2 Å². The Morgan fingerprint density at radius 1 is 1.04 bits per heavy atom. The molecule has 0 radical (unpaired) electrons. The van der Waals surface area contributed by atoms with Crippen molar-refractivity contribution in [2.45, 2.75) is 13.5 Å². The Labute approximate surface area is 165 Å². The number of hydrogen-bond donors (Lipinski definition) is 0. The maximum atomic E-state index is 13.0. The number of hydrogen-bond acceptors (Lipinski definition) is 4. The molecule has 0 aromatic heterocycles. The average molecular weight is 374 g/mol. The highest BCUT2D eigenvalue weighted by Crippen LogP contribution is 2.36. The lowest BCUT2D eigenvalue weighted by atomic mass is 10.0. The molecule has 0 heterocycles. The summed E-state index contributed by atoms with van der Waals surface area (Å²) in [4.78, 5) is 13.0. The molecule has 0 aliphatic heterocycles. The van der Waals surface area contributed by atoms with Gasteiger partial charge in [0.25, 0.3) is 0 Å². The van der Waals surface area contributed by atoms with Gasteiger partial charge in [-0.05, 0) is 30.7 Å². The predicted octanol–water partition coefficient (Wildman–Crippen LogP) is 5.44. The maximum absolute atomic E-state index is 13.0. The average Bonchev–Trinajstić information content (AvgIpc) is 2.73. The Morgan fingerprint density at radius 2 is 1.68 bits per heavy atom. The van der Waals surface area contributed by atoms with E-state index in [1.807, 2.05) is 61.5 Å². The van der Waals surface area contributed by atoms with Crippen LogP contribution in [0.15, 0.2) is 73.3 Å². The van der Waals surface area contributed by atoms with Crippen LogP contribution < -0.4 is 14.2 Å². The summed E-state index contributed by atoms with van der Waals surface area (Å²) in [5.74, 6) is 0.956. The summed E-state index contributed by atoms with van der Waals surface area (Å²) in [6, 6.07) is 20.5. The molecular formula is C24H22O4. The molecule has 0 amide bonds. The normalized spacial score (nSPS) is 10.2. The van der Waals surface area contributed by atoms with Crippen molar-refractivity contribution < 1.29 is 19.0 Å². The lowest BCUT2D eigenvalue weighted by molar-refractivity contribution is 0.0728. The van der Waals surface area contributed by atoms with Crippen molar-refractivity contribution >= 4 is 12.0 Å². The first-order valence-electron chi connectivity index (χ1n) is 8.92. The van der Waals surface area contributed by atoms with Gasteiger partial charge in [0, 0.05) is 11.1 Å². The molecule has 28 heavy (non-hydrogen) atoms. The third kappa shape index (κ3) is 4.23. The van der Waals surface area contributed by atoms with Gasteiger partial charge in [0.05, 0.1) is 7.11 Å². The van der Waals surface area contributed by atoms with Crippen LogP contribution in [0.4, 0.5) is 0 Å². The van der Waals surface area contributed by atoms with Crippen LogP contribution in [0.5, 0.6) is 17.2 Å². The number of para-hydroxylation sites is 1. The number of rotatable bonds is 7. The first-order valence-corrected chi connectivity index (χ1v) is 8.92. The van der Waals surface area contributed by atoms with Gasteiger partial charge in [-0.15, -0.1) is 0 Å². The zero-order valence-electron chi connectivity index (χ0n) is 16.0. The van der Waals surface area contributed by atoms with Crippen LogP contribution in [0, 0.1) is 6.92 Å². The quantitative estimate of drug-likeness (QED) is 0.408. The molecule has 0 unspecified atom stereocenters. The molecule has 3 aromatic carbocycles. The van der Waals surface area contributed by atoms with Crippen LogP contribution in [0.25, 0.3) is 6.08 Å². The highest BCUT2D eigenvalue weighted by molar-refractivity contribution is 5.97. The fourth-order valence-corrected chi connectivity index (χ4v) is 2.89. The number of ether oxygens (including phenoxy) is 3. The molecule has 0 aliphatic rings. The second-order valence-corrected chi connectivity index (χ2v) is 6.18. The van der Waals surface area contributed by atoms with Gasteiger partial charge in [0.2, 0.25) is 0 Å². The molecule has 4 nitrogen and oxygen atoms in total. The van der Waals surface area contributed by atoms with E-state index in [2.05, 4.69) is 6.58 Å². The third-order valence-electron chi connectivity index (χ3n) is 4.34. The van der Waals surface area contributed by atoms with E-state index in [-0.39, 0.29) is 0 Å². The lowest BCUT2D eigenvalue weighted by Gasteiger charge is -2.18. The van der Waals surface area contributed by atoms with Gasteiger partial charge in [-0.2, -0.15) is 0 Å². The van der Waals surface area contributed by atoms with Crippen LogP contribution in [0.2, 0.25) is 0 Å². The van der Waals surface area contributed by atoms with E-state index in [9.17, 15) is 4.79 Å². The Balaban J connectivity index is 2.01. The van der Waals surface area contributed by atoms with Crippen molar-refractivity contribution in [1.29, 1.82) is 0 Å². The van der Waals surface area contributed by atoms with Crippen molar-refractivity contribution in [3.05, 3.63) is 95.6 Å². The summed E-state index contributed by atoms with van der Waals surface area (Å²) in [5, 5.41) is 0. The third-order valence-corrected chi connectivity index (χ3v) is 4.34. The van der Waals surface area contributed by atoms with Crippen molar-refractivity contribution in [2.24, 2.45) is 0 Å². The van der Waals surface area contributed by atoms with Gasteiger partial charge in [-0.25, -0.2) is 4.79 Å². The molecule has 4 heteroatoms. The van der Waals surface area contributed by atoms with Crippen LogP contribution in [-0.4, -0.2) is 13.1 Å². The highest BCUT2D eigenvalue weighted by Gasteiger charge is 2.24. The van der Waals surface area contributed by atoms with Gasteiger partial charge < -0.3 is 14.2 Å². The molecule has 3 aromatic rings. The Morgan fingerprint density at radius 3 is 2.29 bits per heavy atom. The monoisotopic (exact) mass is 374 g/mol. The Bertz CT molecular complexity index is 963. The molecule has 0 bridgehead atoms. The molecule has 0 spiro atoms. The molecule has 0 N–H and O–H groups in total. The van der Waals surface area contributed by atoms with Crippen LogP contribution in [0.1, 0.15) is 27.0 Å². The molecule has 0 atom stereocenters. The topological polar surface area (TPSA) is 44.8 Å². The van der Waals surface area contributed by atoms with Crippen molar-refractivity contribution in [3.63, 3.8) is 0 Å².